The number of carbonyl (C=O) groups is 4. The lowest BCUT2D eigenvalue weighted by Crippen LogP contribution is -2.48. The van der Waals surface area contributed by atoms with Gasteiger partial charge in [-0.25, -0.2) is 24.5 Å². The number of benzene rings is 4. The van der Waals surface area contributed by atoms with Crippen molar-refractivity contribution in [2.24, 2.45) is 5.92 Å². The molecular weight excluding hydrogens is 867 g/mol. The Morgan fingerprint density at radius 1 is 0.594 bits per heavy atom. The van der Waals surface area contributed by atoms with Crippen LogP contribution in [0.25, 0.3) is 33.2 Å². The van der Waals surface area contributed by atoms with E-state index in [-0.39, 0.29) is 47.9 Å². The quantitative estimate of drug-likeness (QED) is 0.0627. The molecule has 4 aliphatic rings. The maximum atomic E-state index is 14.3. The number of nitrogens with one attached hydrogen (secondary N) is 6. The molecule has 2 saturated carbocycles. The van der Waals surface area contributed by atoms with Crippen LogP contribution >= 0.6 is 0 Å². The van der Waals surface area contributed by atoms with Gasteiger partial charge in [0, 0.05) is 61.8 Å². The van der Waals surface area contributed by atoms with Crippen molar-refractivity contribution in [1.82, 2.24) is 51.0 Å². The Bertz CT molecular complexity index is 2740. The predicted octanol–water partition coefficient (Wildman–Crippen LogP) is 8.58. The first kappa shape index (κ1) is 45.5. The van der Waals surface area contributed by atoms with E-state index in [1.165, 1.54) is 0 Å². The van der Waals surface area contributed by atoms with E-state index < -0.39 is 12.1 Å². The number of urea groups is 2. The molecule has 2 saturated heterocycles. The Morgan fingerprint density at radius 3 is 1.80 bits per heavy atom. The second-order valence-electron chi connectivity index (χ2n) is 19.1. The fraction of sp³-hybridized carbons (Fsp3) is 0.389. The van der Waals surface area contributed by atoms with Crippen molar-refractivity contribution in [2.75, 3.05) is 31.5 Å². The highest BCUT2D eigenvalue weighted by Gasteiger charge is 2.38. The van der Waals surface area contributed by atoms with Crippen molar-refractivity contribution in [3.05, 3.63) is 133 Å². The van der Waals surface area contributed by atoms with Crippen molar-refractivity contribution in [1.29, 1.82) is 0 Å². The number of anilines is 1. The summed E-state index contributed by atoms with van der Waals surface area (Å²) in [6.45, 7) is 2.40. The lowest BCUT2D eigenvalue weighted by Gasteiger charge is -2.29. The molecule has 15 heteroatoms. The SMILES string of the molecule is O=C(NC1CCCC1)N[C@H](C(=O)N1CC[C@H](CNc2ncc(-c3ccc4cc(-c5cnc([C@@H]6CCCN6C(=O)[C@H](NC(=O)NC6CCCC6)c6ccccc6)[nH]5)ccc4c3)cn2)C1)c1ccccc1. The summed E-state index contributed by atoms with van der Waals surface area (Å²) in [6, 6.07) is 29.4. The predicted molar refractivity (Wildman–Crippen MR) is 266 cm³/mol. The third-order valence-electron chi connectivity index (χ3n) is 14.4. The van der Waals surface area contributed by atoms with E-state index in [9.17, 15) is 19.2 Å². The number of hydrogen-bond donors (Lipinski definition) is 6. The molecule has 4 fully saturated rings. The zero-order valence-corrected chi connectivity index (χ0v) is 38.9. The van der Waals surface area contributed by atoms with Crippen molar-refractivity contribution in [3.63, 3.8) is 0 Å². The highest BCUT2D eigenvalue weighted by molar-refractivity contribution is 5.91. The van der Waals surface area contributed by atoms with Gasteiger partial charge in [0.15, 0.2) is 0 Å². The van der Waals surface area contributed by atoms with E-state index in [0.717, 1.165) is 121 Å². The molecule has 6 aromatic rings. The first-order valence-electron chi connectivity index (χ1n) is 24.8. The van der Waals surface area contributed by atoms with Gasteiger partial charge in [-0.2, -0.15) is 0 Å². The number of rotatable bonds is 14. The maximum absolute atomic E-state index is 14.3. The van der Waals surface area contributed by atoms with Crippen LogP contribution in [0.4, 0.5) is 15.5 Å². The number of amides is 6. The largest absolute Gasteiger partial charge is 0.354 e. The minimum atomic E-state index is -0.811. The van der Waals surface area contributed by atoms with Crippen molar-refractivity contribution >= 4 is 40.6 Å². The molecule has 2 aliphatic carbocycles. The fourth-order valence-electron chi connectivity index (χ4n) is 10.6. The van der Waals surface area contributed by atoms with E-state index >= 15 is 0 Å². The first-order chi connectivity index (χ1) is 33.8. The minimum absolute atomic E-state index is 0.0990. The zero-order valence-electron chi connectivity index (χ0n) is 38.9. The van der Waals surface area contributed by atoms with Crippen LogP contribution in [0.2, 0.25) is 0 Å². The molecule has 0 radical (unpaired) electrons. The second-order valence-corrected chi connectivity index (χ2v) is 19.1. The molecule has 4 aromatic carbocycles. The van der Waals surface area contributed by atoms with Gasteiger partial charge < -0.3 is 41.4 Å². The third-order valence-corrected chi connectivity index (χ3v) is 14.4. The van der Waals surface area contributed by atoms with Crippen molar-refractivity contribution in [2.45, 2.75) is 101 Å². The number of carbonyl (C=O) groups excluding carboxylic acids is 4. The van der Waals surface area contributed by atoms with E-state index in [1.807, 2.05) is 89.1 Å². The van der Waals surface area contributed by atoms with Crippen molar-refractivity contribution in [3.8, 4) is 22.4 Å². The monoisotopic (exact) mass is 927 g/mol. The topological polar surface area (TPSA) is 189 Å². The Morgan fingerprint density at radius 2 is 1.17 bits per heavy atom. The summed E-state index contributed by atoms with van der Waals surface area (Å²) in [5, 5.41) is 17.6. The number of hydrogen-bond acceptors (Lipinski definition) is 8. The lowest BCUT2D eigenvalue weighted by atomic mass is 10.0. The summed E-state index contributed by atoms with van der Waals surface area (Å²) in [6.07, 6.45) is 16.2. The zero-order chi connectivity index (χ0) is 47.1. The van der Waals surface area contributed by atoms with Crippen LogP contribution in [0.5, 0.6) is 0 Å². The molecule has 0 spiro atoms. The summed E-state index contributed by atoms with van der Waals surface area (Å²) in [4.78, 5) is 75.6. The summed E-state index contributed by atoms with van der Waals surface area (Å²) in [5.74, 6) is 1.23. The van der Waals surface area contributed by atoms with Crippen LogP contribution in [0.3, 0.4) is 0 Å². The number of likely N-dealkylation sites (tertiary alicyclic amines) is 2. The molecule has 15 nitrogen and oxygen atoms in total. The van der Waals surface area contributed by atoms with Crippen molar-refractivity contribution < 1.29 is 19.2 Å². The summed E-state index contributed by atoms with van der Waals surface area (Å²) in [7, 11) is 0. The number of nitrogens with zero attached hydrogens (tertiary/aromatic N) is 5. The Labute approximate surface area is 402 Å². The normalized spacial score (nSPS) is 19.4. The Balaban J connectivity index is 0.744. The van der Waals surface area contributed by atoms with Gasteiger partial charge in [-0.15, -0.1) is 0 Å². The second kappa shape index (κ2) is 20.9. The van der Waals surface area contributed by atoms with E-state index in [1.54, 1.807) is 0 Å². The highest BCUT2D eigenvalue weighted by atomic mass is 16.2. The van der Waals surface area contributed by atoms with Gasteiger partial charge in [-0.1, -0.05) is 111 Å². The van der Waals surface area contributed by atoms with Crippen LogP contribution in [0.1, 0.15) is 106 Å². The van der Waals surface area contributed by atoms with Gasteiger partial charge in [0.1, 0.15) is 17.9 Å². The molecule has 0 bridgehead atoms. The Hall–Kier alpha value is -7.29. The average Bonchev–Trinajstić information content (AvgIpc) is 4.26. The molecule has 4 heterocycles. The number of aromatic amines is 1. The molecule has 356 valence electrons. The van der Waals surface area contributed by atoms with E-state index in [0.29, 0.717) is 32.1 Å². The number of aromatic nitrogens is 4. The molecule has 6 N–H and O–H groups in total. The van der Waals surface area contributed by atoms with Crippen LogP contribution in [0, 0.1) is 5.92 Å². The van der Waals surface area contributed by atoms with Gasteiger partial charge in [0.05, 0.1) is 17.9 Å². The van der Waals surface area contributed by atoms with Gasteiger partial charge in [-0.05, 0) is 90.5 Å². The molecule has 4 atom stereocenters. The number of imidazole rings is 1. The standard InChI is InChI=1S/C54H61N11O4/c66-50(47(36-12-3-1-4-13-36)62-53(68)59-43-16-7-8-17-43)64-27-25-35(34-64)30-56-52-57-31-42(32-58-52)40-22-21-39-29-41(24-23-38(39)28-40)45-33-55-49(61-45)46-20-11-26-65(46)51(67)48(37-14-5-2-6-15-37)63-54(69)60-44-18-9-10-19-44/h1-6,12-15,21-24,28-29,31-33,35,43-44,46-48H,7-11,16-20,25-27,30,34H2,(H,55,61)(H,56,57,58)(H2,59,62,68)(H2,60,63,69)/t35-,46+,47+,48-/m1/s1. The van der Waals surface area contributed by atoms with Crippen LogP contribution in [-0.2, 0) is 9.59 Å². The lowest BCUT2D eigenvalue weighted by molar-refractivity contribution is -0.134. The van der Waals surface area contributed by atoms with Gasteiger partial charge in [0.2, 0.25) is 17.8 Å². The van der Waals surface area contributed by atoms with E-state index in [2.05, 4.69) is 77.9 Å². The van der Waals surface area contributed by atoms with Gasteiger partial charge in [0.25, 0.3) is 0 Å². The fourth-order valence-corrected chi connectivity index (χ4v) is 10.6. The minimum Gasteiger partial charge on any atom is -0.354 e. The highest BCUT2D eigenvalue weighted by Crippen LogP contribution is 2.35. The van der Waals surface area contributed by atoms with Gasteiger partial charge >= 0.3 is 12.1 Å². The van der Waals surface area contributed by atoms with Crippen LogP contribution in [0.15, 0.2) is 116 Å². The molecule has 2 aliphatic heterocycles. The molecule has 6 amide bonds. The number of fused-ring (bicyclic) bond motifs is 1. The summed E-state index contributed by atoms with van der Waals surface area (Å²) < 4.78 is 0. The summed E-state index contributed by atoms with van der Waals surface area (Å²) >= 11 is 0. The molecule has 0 unspecified atom stereocenters. The molecule has 2 aromatic heterocycles. The van der Waals surface area contributed by atoms with Crippen LogP contribution < -0.4 is 26.6 Å². The Kier molecular flexibility index (Phi) is 13.8. The smallest absolute Gasteiger partial charge is 0.315 e. The maximum Gasteiger partial charge on any atom is 0.315 e. The molecular formula is C54H61N11O4. The van der Waals surface area contributed by atoms with Gasteiger partial charge in [-0.3, -0.25) is 9.59 Å². The van der Waals surface area contributed by atoms with Crippen LogP contribution in [-0.4, -0.2) is 91.9 Å². The average molecular weight is 928 g/mol. The number of H-pyrrole nitrogens is 1. The first-order valence-corrected chi connectivity index (χ1v) is 24.8. The summed E-state index contributed by atoms with van der Waals surface area (Å²) in [5.41, 5.74) is 5.27. The van der Waals surface area contributed by atoms with E-state index in [4.69, 9.17) is 4.98 Å². The third kappa shape index (κ3) is 10.7. The molecule has 69 heavy (non-hydrogen) atoms. The molecule has 10 rings (SSSR count).